The normalized spacial score (nSPS) is 14.8. The molecule has 7 heteroatoms. The summed E-state index contributed by atoms with van der Waals surface area (Å²) >= 11 is 5.89. The highest BCUT2D eigenvalue weighted by atomic mass is 35.5. The molecule has 1 aliphatic heterocycles. The first-order valence-corrected chi connectivity index (χ1v) is 9.21. The molecule has 1 aliphatic rings. The highest BCUT2D eigenvalue weighted by Crippen LogP contribution is 2.24. The second-order valence-corrected chi connectivity index (χ2v) is 6.73. The van der Waals surface area contributed by atoms with E-state index in [9.17, 15) is 9.90 Å². The zero-order valence-corrected chi connectivity index (χ0v) is 16.0. The number of aromatic hydroxyl groups is 1. The van der Waals surface area contributed by atoms with Crippen LogP contribution < -0.4 is 9.47 Å². The van der Waals surface area contributed by atoms with Crippen LogP contribution in [-0.2, 0) is 0 Å². The molecule has 0 unspecified atom stereocenters. The molecule has 144 valence electrons. The first kappa shape index (κ1) is 19.3. The summed E-state index contributed by atoms with van der Waals surface area (Å²) in [6, 6.07) is 12.1. The molecule has 0 radical (unpaired) electrons. The Morgan fingerprint density at radius 3 is 2.37 bits per heavy atom. The molecule has 3 rings (SSSR count). The van der Waals surface area contributed by atoms with E-state index in [1.165, 1.54) is 12.1 Å². The minimum atomic E-state index is -0.0639. The predicted octanol–water partition coefficient (Wildman–Crippen LogP) is 2.89. The summed E-state index contributed by atoms with van der Waals surface area (Å²) < 4.78 is 10.9. The van der Waals surface area contributed by atoms with Gasteiger partial charge in [0.1, 0.15) is 23.9 Å². The van der Waals surface area contributed by atoms with Crippen molar-refractivity contribution in [3.63, 3.8) is 0 Å². The molecule has 0 bridgehead atoms. The molecule has 0 atom stereocenters. The van der Waals surface area contributed by atoms with Crippen molar-refractivity contribution in [2.75, 3.05) is 46.4 Å². The van der Waals surface area contributed by atoms with Crippen LogP contribution >= 0.6 is 11.6 Å². The van der Waals surface area contributed by atoms with Crippen LogP contribution in [0.15, 0.2) is 42.5 Å². The van der Waals surface area contributed by atoms with Gasteiger partial charge in [-0.15, -0.1) is 0 Å². The van der Waals surface area contributed by atoms with Crippen LogP contribution in [0.4, 0.5) is 0 Å². The fourth-order valence-electron chi connectivity index (χ4n) is 2.96. The van der Waals surface area contributed by atoms with E-state index in [4.69, 9.17) is 21.1 Å². The number of hydrogen-bond donors (Lipinski definition) is 1. The molecule has 1 saturated heterocycles. The summed E-state index contributed by atoms with van der Waals surface area (Å²) in [5, 5.41) is 9.67. The molecule has 2 aromatic carbocycles. The second-order valence-electron chi connectivity index (χ2n) is 6.32. The van der Waals surface area contributed by atoms with Crippen LogP contribution in [-0.4, -0.2) is 67.3 Å². The number of hydrogen-bond acceptors (Lipinski definition) is 5. The molecule has 0 aliphatic carbocycles. The summed E-state index contributed by atoms with van der Waals surface area (Å²) in [6.45, 7) is 4.29. The van der Waals surface area contributed by atoms with Crippen LogP contribution in [0.2, 0.25) is 5.02 Å². The molecule has 1 N–H and O–H groups in total. The summed E-state index contributed by atoms with van der Waals surface area (Å²) in [5.41, 5.74) is 0.495. The average Bonchev–Trinajstić information content (AvgIpc) is 2.70. The lowest BCUT2D eigenvalue weighted by molar-refractivity contribution is 0.0620. The number of rotatable bonds is 6. The van der Waals surface area contributed by atoms with E-state index in [2.05, 4.69) is 4.90 Å². The third-order valence-electron chi connectivity index (χ3n) is 4.59. The number of benzene rings is 2. The highest BCUT2D eigenvalue weighted by Gasteiger charge is 2.22. The number of ether oxygens (including phenoxy) is 2. The third-order valence-corrected chi connectivity index (χ3v) is 4.89. The number of phenols is 1. The third kappa shape index (κ3) is 5.05. The molecule has 2 aromatic rings. The Kier molecular flexibility index (Phi) is 6.42. The van der Waals surface area contributed by atoms with Crippen LogP contribution in [0.25, 0.3) is 0 Å². The fourth-order valence-corrected chi connectivity index (χ4v) is 3.14. The lowest BCUT2D eigenvalue weighted by Gasteiger charge is -2.34. The molecule has 6 nitrogen and oxygen atoms in total. The standard InChI is InChI=1S/C20H23ClN2O4/c1-26-16-3-5-17(6-4-16)27-13-12-22-8-10-23(11-9-22)20(25)15-2-7-19(24)18(21)14-15/h2-7,14,24H,8-13H2,1H3. The van der Waals surface area contributed by atoms with Gasteiger partial charge in [0, 0.05) is 38.3 Å². The van der Waals surface area contributed by atoms with Gasteiger partial charge in [-0.1, -0.05) is 11.6 Å². The first-order valence-electron chi connectivity index (χ1n) is 8.84. The molecular formula is C20H23ClN2O4. The van der Waals surface area contributed by atoms with Gasteiger partial charge in [0.25, 0.3) is 5.91 Å². The summed E-state index contributed by atoms with van der Waals surface area (Å²) in [4.78, 5) is 16.6. The minimum absolute atomic E-state index is 0.0186. The van der Waals surface area contributed by atoms with E-state index >= 15 is 0 Å². The van der Waals surface area contributed by atoms with Gasteiger partial charge in [-0.25, -0.2) is 0 Å². The lowest BCUT2D eigenvalue weighted by Crippen LogP contribution is -2.49. The summed E-state index contributed by atoms with van der Waals surface area (Å²) in [5.74, 6) is 1.54. The maximum absolute atomic E-state index is 12.6. The predicted molar refractivity (Wildman–Crippen MR) is 104 cm³/mol. The van der Waals surface area contributed by atoms with E-state index < -0.39 is 0 Å². The van der Waals surface area contributed by atoms with Crippen LogP contribution in [0.5, 0.6) is 17.2 Å². The van der Waals surface area contributed by atoms with Gasteiger partial charge >= 0.3 is 0 Å². The number of phenolic OH excluding ortho intramolecular Hbond substituents is 1. The minimum Gasteiger partial charge on any atom is -0.506 e. The monoisotopic (exact) mass is 390 g/mol. The van der Waals surface area contributed by atoms with Crippen LogP contribution in [0, 0.1) is 0 Å². The van der Waals surface area contributed by atoms with Crippen molar-refractivity contribution in [3.8, 4) is 17.2 Å². The fraction of sp³-hybridized carbons (Fsp3) is 0.350. The van der Waals surface area contributed by atoms with E-state index in [1.54, 1.807) is 13.2 Å². The molecule has 0 saturated carbocycles. The highest BCUT2D eigenvalue weighted by molar-refractivity contribution is 6.32. The Bertz CT molecular complexity index is 774. The zero-order chi connectivity index (χ0) is 19.2. The quantitative estimate of drug-likeness (QED) is 0.821. The number of methoxy groups -OCH3 is 1. The Labute approximate surface area is 163 Å². The van der Waals surface area contributed by atoms with Gasteiger partial charge < -0.3 is 19.5 Å². The molecule has 27 heavy (non-hydrogen) atoms. The van der Waals surface area contributed by atoms with Gasteiger partial charge in [-0.05, 0) is 42.5 Å². The van der Waals surface area contributed by atoms with E-state index in [1.807, 2.05) is 29.2 Å². The average molecular weight is 391 g/mol. The van der Waals surface area contributed by atoms with Crippen molar-refractivity contribution in [2.45, 2.75) is 0 Å². The number of amides is 1. The van der Waals surface area contributed by atoms with Crippen molar-refractivity contribution < 1.29 is 19.4 Å². The van der Waals surface area contributed by atoms with E-state index in [0.717, 1.165) is 31.1 Å². The van der Waals surface area contributed by atoms with E-state index in [0.29, 0.717) is 25.3 Å². The van der Waals surface area contributed by atoms with E-state index in [-0.39, 0.29) is 16.7 Å². The number of nitrogens with zero attached hydrogens (tertiary/aromatic N) is 2. The molecule has 0 aromatic heterocycles. The Hall–Kier alpha value is -2.44. The maximum Gasteiger partial charge on any atom is 0.253 e. The van der Waals surface area contributed by atoms with Gasteiger partial charge in [-0.2, -0.15) is 0 Å². The van der Waals surface area contributed by atoms with Crippen LogP contribution in [0.3, 0.4) is 0 Å². The topological polar surface area (TPSA) is 62.2 Å². The first-order chi connectivity index (χ1) is 13.1. The van der Waals surface area contributed by atoms with Gasteiger partial charge in [0.05, 0.1) is 12.1 Å². The second kappa shape index (κ2) is 8.97. The maximum atomic E-state index is 12.6. The summed E-state index contributed by atoms with van der Waals surface area (Å²) in [6.07, 6.45) is 0. The molecule has 1 fully saturated rings. The van der Waals surface area contributed by atoms with Crippen LogP contribution in [0.1, 0.15) is 10.4 Å². The number of piperazine rings is 1. The van der Waals surface area contributed by atoms with Gasteiger partial charge in [0.15, 0.2) is 0 Å². The molecular weight excluding hydrogens is 368 g/mol. The smallest absolute Gasteiger partial charge is 0.253 e. The number of carbonyl (C=O) groups is 1. The number of carbonyl (C=O) groups excluding carboxylic acids is 1. The SMILES string of the molecule is COc1ccc(OCCN2CCN(C(=O)c3ccc(O)c(Cl)c3)CC2)cc1. The van der Waals surface area contributed by atoms with Gasteiger partial charge in [-0.3, -0.25) is 9.69 Å². The van der Waals surface area contributed by atoms with Crippen molar-refractivity contribution in [1.29, 1.82) is 0 Å². The van der Waals surface area contributed by atoms with Crippen molar-refractivity contribution >= 4 is 17.5 Å². The van der Waals surface area contributed by atoms with Crippen molar-refractivity contribution in [2.24, 2.45) is 0 Å². The Morgan fingerprint density at radius 2 is 1.74 bits per heavy atom. The lowest BCUT2D eigenvalue weighted by atomic mass is 10.1. The Balaban J connectivity index is 1.43. The van der Waals surface area contributed by atoms with Crippen molar-refractivity contribution in [1.82, 2.24) is 9.80 Å². The Morgan fingerprint density at radius 1 is 1.07 bits per heavy atom. The largest absolute Gasteiger partial charge is 0.506 e. The summed E-state index contributed by atoms with van der Waals surface area (Å²) in [7, 11) is 1.64. The zero-order valence-electron chi connectivity index (χ0n) is 15.2. The molecule has 1 heterocycles. The van der Waals surface area contributed by atoms with Crippen molar-refractivity contribution in [3.05, 3.63) is 53.1 Å². The molecule has 0 spiro atoms. The number of halogens is 1. The van der Waals surface area contributed by atoms with Gasteiger partial charge in [0.2, 0.25) is 0 Å². The molecule has 1 amide bonds.